The predicted octanol–water partition coefficient (Wildman–Crippen LogP) is 2.86. The van der Waals surface area contributed by atoms with Gasteiger partial charge in [-0.3, -0.25) is 0 Å². The molecule has 1 N–H and O–H groups in total. The van der Waals surface area contributed by atoms with E-state index >= 15 is 0 Å². The highest BCUT2D eigenvalue weighted by atomic mass is 16.3. The second-order valence-corrected chi connectivity index (χ2v) is 4.32. The summed E-state index contributed by atoms with van der Waals surface area (Å²) in [6, 6.07) is 8.99. The zero-order valence-electron chi connectivity index (χ0n) is 8.69. The van der Waals surface area contributed by atoms with Crippen LogP contribution in [0.3, 0.4) is 0 Å². The van der Waals surface area contributed by atoms with Crippen molar-refractivity contribution >= 4 is 10.9 Å². The van der Waals surface area contributed by atoms with Gasteiger partial charge in [0.15, 0.2) is 0 Å². The molecule has 3 rings (SSSR count). The Morgan fingerprint density at radius 3 is 2.80 bits per heavy atom. The van der Waals surface area contributed by atoms with Crippen molar-refractivity contribution in [1.29, 1.82) is 0 Å². The molecule has 1 saturated carbocycles. The zero-order valence-corrected chi connectivity index (χ0v) is 8.69. The van der Waals surface area contributed by atoms with Gasteiger partial charge in [0.2, 0.25) is 0 Å². The van der Waals surface area contributed by atoms with Gasteiger partial charge in [-0.1, -0.05) is 12.1 Å². The number of nitrogens with zero attached hydrogens (tertiary/aromatic N) is 1. The van der Waals surface area contributed by atoms with E-state index in [1.54, 1.807) is 0 Å². The van der Waals surface area contributed by atoms with E-state index in [1.165, 1.54) is 30.2 Å². The molecule has 0 spiro atoms. The van der Waals surface area contributed by atoms with Gasteiger partial charge < -0.3 is 9.67 Å². The minimum Gasteiger partial charge on any atom is -0.392 e. The van der Waals surface area contributed by atoms with Crippen molar-refractivity contribution in [3.8, 4) is 0 Å². The summed E-state index contributed by atoms with van der Waals surface area (Å²) in [6.45, 7) is 0.131. The van der Waals surface area contributed by atoms with Crippen LogP contribution in [0.4, 0.5) is 0 Å². The average molecular weight is 201 g/mol. The van der Waals surface area contributed by atoms with Crippen molar-refractivity contribution in [2.45, 2.75) is 31.9 Å². The molecule has 1 aromatic heterocycles. The molecule has 2 aromatic rings. The molecule has 1 heterocycles. The Morgan fingerprint density at radius 2 is 2.13 bits per heavy atom. The summed E-state index contributed by atoms with van der Waals surface area (Å²) in [6.07, 6.45) is 6.11. The predicted molar refractivity (Wildman–Crippen MR) is 60.7 cm³/mol. The molecule has 0 bridgehead atoms. The quantitative estimate of drug-likeness (QED) is 0.794. The number of fused-ring (bicyclic) bond motifs is 1. The molecule has 0 aliphatic heterocycles. The molecule has 1 aliphatic rings. The van der Waals surface area contributed by atoms with Gasteiger partial charge >= 0.3 is 0 Å². The van der Waals surface area contributed by atoms with Crippen LogP contribution in [0, 0.1) is 0 Å². The fraction of sp³-hybridized carbons (Fsp3) is 0.385. The number of aromatic nitrogens is 1. The summed E-state index contributed by atoms with van der Waals surface area (Å²) in [4.78, 5) is 0. The largest absolute Gasteiger partial charge is 0.392 e. The Morgan fingerprint density at radius 1 is 1.27 bits per heavy atom. The highest BCUT2D eigenvalue weighted by Gasteiger charge is 2.20. The normalized spacial score (nSPS) is 16.9. The van der Waals surface area contributed by atoms with Gasteiger partial charge in [-0.2, -0.15) is 0 Å². The van der Waals surface area contributed by atoms with Crippen molar-refractivity contribution in [1.82, 2.24) is 4.57 Å². The van der Waals surface area contributed by atoms with E-state index in [4.69, 9.17) is 0 Å². The summed E-state index contributed by atoms with van der Waals surface area (Å²) < 4.78 is 2.36. The Balaban J connectivity index is 2.16. The first-order chi connectivity index (χ1) is 7.40. The SMILES string of the molecule is OCc1cccc2c1ccn2C1CCC1. The van der Waals surface area contributed by atoms with Crippen LogP contribution in [0.5, 0.6) is 0 Å². The fourth-order valence-corrected chi connectivity index (χ4v) is 2.37. The molecule has 0 amide bonds. The van der Waals surface area contributed by atoms with Gasteiger partial charge in [0.25, 0.3) is 0 Å². The van der Waals surface area contributed by atoms with Crippen molar-refractivity contribution in [3.05, 3.63) is 36.0 Å². The standard InChI is InChI=1S/C13H15NO/c15-9-10-3-1-6-13-12(10)7-8-14(13)11-4-2-5-11/h1,3,6-8,11,15H,2,4-5,9H2. The molecule has 0 saturated heterocycles. The van der Waals surface area contributed by atoms with E-state index in [1.807, 2.05) is 12.1 Å². The van der Waals surface area contributed by atoms with Gasteiger partial charge in [0.05, 0.1) is 6.61 Å². The van der Waals surface area contributed by atoms with Crippen LogP contribution in [0.25, 0.3) is 10.9 Å². The molecule has 1 aliphatic carbocycles. The molecular formula is C13H15NO. The Kier molecular flexibility index (Phi) is 2.03. The van der Waals surface area contributed by atoms with Crippen LogP contribution >= 0.6 is 0 Å². The van der Waals surface area contributed by atoms with E-state index < -0.39 is 0 Å². The third-order valence-corrected chi connectivity index (χ3v) is 3.49. The molecular weight excluding hydrogens is 186 g/mol. The molecule has 0 unspecified atom stereocenters. The lowest BCUT2D eigenvalue weighted by Crippen LogP contribution is -2.15. The second-order valence-electron chi connectivity index (χ2n) is 4.32. The Hall–Kier alpha value is -1.28. The van der Waals surface area contributed by atoms with Gasteiger partial charge in [-0.05, 0) is 37.0 Å². The van der Waals surface area contributed by atoms with Gasteiger partial charge in [-0.25, -0.2) is 0 Å². The van der Waals surface area contributed by atoms with Crippen LogP contribution in [0.1, 0.15) is 30.9 Å². The van der Waals surface area contributed by atoms with E-state index in [0.717, 1.165) is 5.56 Å². The molecule has 1 aromatic carbocycles. The number of hydrogen-bond acceptors (Lipinski definition) is 1. The number of hydrogen-bond donors (Lipinski definition) is 1. The van der Waals surface area contributed by atoms with E-state index in [2.05, 4.69) is 22.9 Å². The van der Waals surface area contributed by atoms with Gasteiger partial charge in [0, 0.05) is 23.1 Å². The van der Waals surface area contributed by atoms with Crippen molar-refractivity contribution < 1.29 is 5.11 Å². The maximum atomic E-state index is 9.25. The van der Waals surface area contributed by atoms with Crippen LogP contribution < -0.4 is 0 Å². The van der Waals surface area contributed by atoms with Crippen LogP contribution in [-0.2, 0) is 6.61 Å². The zero-order chi connectivity index (χ0) is 10.3. The van der Waals surface area contributed by atoms with E-state index in [0.29, 0.717) is 6.04 Å². The lowest BCUT2D eigenvalue weighted by molar-refractivity contribution is 0.283. The first kappa shape index (κ1) is 8.98. The number of benzene rings is 1. The third-order valence-electron chi connectivity index (χ3n) is 3.49. The monoisotopic (exact) mass is 201 g/mol. The molecule has 1 fully saturated rings. The first-order valence-electron chi connectivity index (χ1n) is 5.59. The number of aliphatic hydroxyl groups is 1. The summed E-state index contributed by atoms with van der Waals surface area (Å²) in [7, 11) is 0. The summed E-state index contributed by atoms with van der Waals surface area (Å²) in [5.41, 5.74) is 2.30. The van der Waals surface area contributed by atoms with Crippen LogP contribution in [0.2, 0.25) is 0 Å². The average Bonchev–Trinajstić information content (AvgIpc) is 2.59. The Bertz CT molecular complexity index is 482. The number of aliphatic hydroxyl groups excluding tert-OH is 1. The molecule has 0 atom stereocenters. The molecule has 78 valence electrons. The molecule has 15 heavy (non-hydrogen) atoms. The van der Waals surface area contributed by atoms with Crippen molar-refractivity contribution in [2.75, 3.05) is 0 Å². The summed E-state index contributed by atoms with van der Waals surface area (Å²) in [5, 5.41) is 10.4. The highest BCUT2D eigenvalue weighted by Crippen LogP contribution is 2.35. The first-order valence-corrected chi connectivity index (χ1v) is 5.59. The number of rotatable bonds is 2. The van der Waals surface area contributed by atoms with Gasteiger partial charge in [-0.15, -0.1) is 0 Å². The van der Waals surface area contributed by atoms with E-state index in [-0.39, 0.29) is 6.61 Å². The maximum Gasteiger partial charge on any atom is 0.0688 e. The third kappa shape index (κ3) is 1.29. The Labute approximate surface area is 89.1 Å². The van der Waals surface area contributed by atoms with Gasteiger partial charge in [0.1, 0.15) is 0 Å². The lowest BCUT2D eigenvalue weighted by Gasteiger charge is -2.28. The highest BCUT2D eigenvalue weighted by molar-refractivity contribution is 5.83. The molecule has 2 nitrogen and oxygen atoms in total. The summed E-state index contributed by atoms with van der Waals surface area (Å²) >= 11 is 0. The topological polar surface area (TPSA) is 25.2 Å². The summed E-state index contributed by atoms with van der Waals surface area (Å²) in [5.74, 6) is 0. The smallest absolute Gasteiger partial charge is 0.0688 e. The second kappa shape index (κ2) is 3.38. The van der Waals surface area contributed by atoms with Crippen LogP contribution in [-0.4, -0.2) is 9.67 Å². The fourth-order valence-electron chi connectivity index (χ4n) is 2.37. The van der Waals surface area contributed by atoms with Crippen molar-refractivity contribution in [2.24, 2.45) is 0 Å². The van der Waals surface area contributed by atoms with E-state index in [9.17, 15) is 5.11 Å². The van der Waals surface area contributed by atoms with Crippen LogP contribution in [0.15, 0.2) is 30.5 Å². The lowest BCUT2D eigenvalue weighted by atomic mass is 9.93. The van der Waals surface area contributed by atoms with Crippen molar-refractivity contribution in [3.63, 3.8) is 0 Å². The minimum atomic E-state index is 0.131. The maximum absolute atomic E-state index is 9.25. The minimum absolute atomic E-state index is 0.131. The molecule has 2 heteroatoms. The molecule has 0 radical (unpaired) electrons.